The number of rotatable bonds is 2. The monoisotopic (exact) mass is 295 g/mol. The second-order valence-electron chi connectivity index (χ2n) is 4.15. The van der Waals surface area contributed by atoms with Crippen molar-refractivity contribution >= 4 is 17.6 Å². The van der Waals surface area contributed by atoms with Gasteiger partial charge in [0.2, 0.25) is 0 Å². The molecule has 0 aliphatic heterocycles. The van der Waals surface area contributed by atoms with Gasteiger partial charge in [-0.15, -0.1) is 0 Å². The fourth-order valence-electron chi connectivity index (χ4n) is 1.57. The third-order valence-electron chi connectivity index (χ3n) is 2.58. The lowest BCUT2D eigenvalue weighted by Gasteiger charge is -2.01. The third-order valence-corrected chi connectivity index (χ3v) is 2.83. The molecule has 0 N–H and O–H groups in total. The summed E-state index contributed by atoms with van der Waals surface area (Å²) >= 11 is 5.75. The van der Waals surface area contributed by atoms with E-state index in [-0.39, 0.29) is 6.61 Å². The molecule has 0 bridgehead atoms. The van der Waals surface area contributed by atoms with Crippen molar-refractivity contribution in [3.63, 3.8) is 0 Å². The summed E-state index contributed by atoms with van der Waals surface area (Å²) in [7, 11) is 0. The van der Waals surface area contributed by atoms with Crippen LogP contribution in [0.3, 0.4) is 0 Å². The van der Waals surface area contributed by atoms with Crippen LogP contribution < -0.4 is 0 Å². The average molecular weight is 296 g/mol. The van der Waals surface area contributed by atoms with Gasteiger partial charge in [0.25, 0.3) is 0 Å². The highest BCUT2D eigenvalue weighted by atomic mass is 35.5. The Kier molecular flexibility index (Phi) is 4.99. The molecule has 0 spiro atoms. The van der Waals surface area contributed by atoms with E-state index in [0.29, 0.717) is 16.1 Å². The van der Waals surface area contributed by atoms with Crippen LogP contribution in [0.5, 0.6) is 0 Å². The minimum atomic E-state index is -0.618. The van der Waals surface area contributed by atoms with Gasteiger partial charge in [-0.25, -0.2) is 4.79 Å². The first-order valence-corrected chi connectivity index (χ1v) is 6.48. The molecule has 3 nitrogen and oxygen atoms in total. The van der Waals surface area contributed by atoms with Gasteiger partial charge >= 0.3 is 5.97 Å². The molecule has 0 aliphatic rings. The summed E-state index contributed by atoms with van der Waals surface area (Å²) in [6.45, 7) is 0.0870. The molecule has 21 heavy (non-hydrogen) atoms. The molecular weight excluding hydrogens is 286 g/mol. The van der Waals surface area contributed by atoms with E-state index in [1.165, 1.54) is 0 Å². The maximum Gasteiger partial charge on any atom is 0.385 e. The molecule has 0 aliphatic carbocycles. The van der Waals surface area contributed by atoms with Crippen LogP contribution in [0.2, 0.25) is 5.02 Å². The molecule has 0 radical (unpaired) electrons. The van der Waals surface area contributed by atoms with Gasteiger partial charge < -0.3 is 4.74 Å². The molecule has 4 heteroatoms. The maximum atomic E-state index is 11.5. The Hall–Kier alpha value is -2.75. The lowest BCUT2D eigenvalue weighted by atomic mass is 10.1. The summed E-state index contributed by atoms with van der Waals surface area (Å²) in [5.41, 5.74) is 1.95. The van der Waals surface area contributed by atoms with Gasteiger partial charge in [0.15, 0.2) is 0 Å². The van der Waals surface area contributed by atoms with Crippen LogP contribution in [0.4, 0.5) is 0 Å². The summed E-state index contributed by atoms with van der Waals surface area (Å²) in [6.07, 6.45) is 0. The van der Waals surface area contributed by atoms with E-state index in [4.69, 9.17) is 21.6 Å². The van der Waals surface area contributed by atoms with Crippen LogP contribution in [-0.2, 0) is 16.1 Å². The standard InChI is InChI=1S/C17H10ClNO2/c18-16-7-4-13(5-8-16)6-9-17(20)21-12-15-3-1-2-14(10-15)11-19/h1-5,7-8,10H,12H2. The van der Waals surface area contributed by atoms with Crippen LogP contribution in [-0.4, -0.2) is 5.97 Å². The molecular formula is C17H10ClNO2. The largest absolute Gasteiger partial charge is 0.451 e. The number of esters is 1. The van der Waals surface area contributed by atoms with Crippen LogP contribution in [0.1, 0.15) is 16.7 Å². The van der Waals surface area contributed by atoms with Crippen molar-refractivity contribution in [2.75, 3.05) is 0 Å². The number of carbonyl (C=O) groups excluding carboxylic acids is 1. The third kappa shape index (κ3) is 4.69. The summed E-state index contributed by atoms with van der Waals surface area (Å²) in [5, 5.41) is 9.39. The molecule has 2 rings (SSSR count). The predicted molar refractivity (Wildman–Crippen MR) is 79.3 cm³/mol. The van der Waals surface area contributed by atoms with E-state index in [2.05, 4.69) is 11.8 Å². The molecule has 0 aromatic heterocycles. The number of nitriles is 1. The molecule has 102 valence electrons. The number of benzene rings is 2. The zero-order chi connectivity index (χ0) is 15.1. The van der Waals surface area contributed by atoms with Gasteiger partial charge in [0.1, 0.15) is 6.61 Å². The number of hydrogen-bond donors (Lipinski definition) is 0. The van der Waals surface area contributed by atoms with Gasteiger partial charge in [0.05, 0.1) is 11.6 Å². The molecule has 0 atom stereocenters. The van der Waals surface area contributed by atoms with E-state index in [1.807, 2.05) is 6.07 Å². The van der Waals surface area contributed by atoms with Crippen molar-refractivity contribution in [3.8, 4) is 17.9 Å². The summed E-state index contributed by atoms with van der Waals surface area (Å²) in [4.78, 5) is 11.5. The number of carbonyl (C=O) groups is 1. The van der Waals surface area contributed by atoms with Crippen molar-refractivity contribution in [3.05, 3.63) is 70.2 Å². The molecule has 2 aromatic rings. The topological polar surface area (TPSA) is 50.1 Å². The van der Waals surface area contributed by atoms with Crippen LogP contribution in [0, 0.1) is 23.2 Å². The van der Waals surface area contributed by atoms with Crippen molar-refractivity contribution in [2.24, 2.45) is 0 Å². The number of halogens is 1. The zero-order valence-electron chi connectivity index (χ0n) is 11.0. The highest BCUT2D eigenvalue weighted by Crippen LogP contribution is 2.08. The van der Waals surface area contributed by atoms with Gasteiger partial charge in [-0.05, 0) is 42.0 Å². The molecule has 0 saturated carbocycles. The number of hydrogen-bond acceptors (Lipinski definition) is 3. The van der Waals surface area contributed by atoms with Gasteiger partial charge in [-0.1, -0.05) is 29.7 Å². The number of ether oxygens (including phenoxy) is 1. The van der Waals surface area contributed by atoms with E-state index >= 15 is 0 Å². The molecule has 0 unspecified atom stereocenters. The first-order valence-electron chi connectivity index (χ1n) is 6.11. The van der Waals surface area contributed by atoms with Crippen LogP contribution in [0.25, 0.3) is 0 Å². The number of nitrogens with zero attached hydrogens (tertiary/aromatic N) is 1. The quantitative estimate of drug-likeness (QED) is 0.631. The predicted octanol–water partition coefficient (Wildman–Crippen LogP) is 3.31. The summed E-state index contributed by atoms with van der Waals surface area (Å²) < 4.78 is 5.03. The van der Waals surface area contributed by atoms with Crippen LogP contribution in [0.15, 0.2) is 48.5 Å². The minimum absolute atomic E-state index is 0.0870. The lowest BCUT2D eigenvalue weighted by Crippen LogP contribution is -2.01. The maximum absolute atomic E-state index is 11.5. The smallest absolute Gasteiger partial charge is 0.385 e. The highest BCUT2D eigenvalue weighted by molar-refractivity contribution is 6.30. The zero-order valence-corrected chi connectivity index (χ0v) is 11.7. The summed E-state index contributed by atoms with van der Waals surface area (Å²) in [5.74, 6) is 4.47. The Morgan fingerprint density at radius 3 is 2.62 bits per heavy atom. The van der Waals surface area contributed by atoms with E-state index in [9.17, 15) is 4.79 Å². The van der Waals surface area contributed by atoms with Crippen molar-refractivity contribution in [2.45, 2.75) is 6.61 Å². The first-order chi connectivity index (χ1) is 10.2. The molecule has 0 saturated heterocycles. The Morgan fingerprint density at radius 1 is 1.14 bits per heavy atom. The fraction of sp³-hybridized carbons (Fsp3) is 0.0588. The molecule has 0 heterocycles. The highest BCUT2D eigenvalue weighted by Gasteiger charge is 2.00. The van der Waals surface area contributed by atoms with Crippen molar-refractivity contribution in [1.29, 1.82) is 5.26 Å². The molecule has 0 fully saturated rings. The Bertz CT molecular complexity index is 749. The van der Waals surface area contributed by atoms with Crippen molar-refractivity contribution < 1.29 is 9.53 Å². The minimum Gasteiger partial charge on any atom is -0.451 e. The Labute approximate surface area is 127 Å². The van der Waals surface area contributed by atoms with E-state index < -0.39 is 5.97 Å². The van der Waals surface area contributed by atoms with Gasteiger partial charge in [-0.3, -0.25) is 0 Å². The molecule has 2 aromatic carbocycles. The summed E-state index contributed by atoms with van der Waals surface area (Å²) in [6, 6.07) is 15.7. The first kappa shape index (κ1) is 14.7. The average Bonchev–Trinajstić information content (AvgIpc) is 2.52. The second kappa shape index (κ2) is 7.14. The van der Waals surface area contributed by atoms with Crippen molar-refractivity contribution in [1.82, 2.24) is 0 Å². The van der Waals surface area contributed by atoms with Gasteiger partial charge in [0, 0.05) is 16.5 Å². The lowest BCUT2D eigenvalue weighted by molar-refractivity contribution is -0.137. The van der Waals surface area contributed by atoms with E-state index in [0.717, 1.165) is 5.56 Å². The van der Waals surface area contributed by atoms with Crippen LogP contribution >= 0.6 is 11.6 Å². The fourth-order valence-corrected chi connectivity index (χ4v) is 1.70. The second-order valence-corrected chi connectivity index (χ2v) is 4.58. The Balaban J connectivity index is 1.93. The normalized spacial score (nSPS) is 9.14. The Morgan fingerprint density at radius 2 is 1.90 bits per heavy atom. The SMILES string of the molecule is N#Cc1cccc(COC(=O)C#Cc2ccc(Cl)cc2)c1. The van der Waals surface area contributed by atoms with Gasteiger partial charge in [-0.2, -0.15) is 5.26 Å². The molecule has 0 amide bonds. The van der Waals surface area contributed by atoms with E-state index in [1.54, 1.807) is 48.5 Å².